The fourth-order valence-corrected chi connectivity index (χ4v) is 3.65. The van der Waals surface area contributed by atoms with Crippen molar-refractivity contribution in [3.05, 3.63) is 101 Å². The maximum atomic E-state index is 13.1. The Kier molecular flexibility index (Phi) is 4.72. The van der Waals surface area contributed by atoms with Gasteiger partial charge in [0.25, 0.3) is 11.7 Å². The molecule has 0 aliphatic carbocycles. The van der Waals surface area contributed by atoms with E-state index >= 15 is 0 Å². The number of rotatable bonds is 3. The Balaban J connectivity index is 1.98. The van der Waals surface area contributed by atoms with Crippen molar-refractivity contribution in [3.8, 4) is 0 Å². The van der Waals surface area contributed by atoms with Crippen LogP contribution < -0.4 is 4.90 Å². The van der Waals surface area contributed by atoms with Crippen molar-refractivity contribution in [2.24, 2.45) is 0 Å². The standard InChI is InChI=1S/C24H20N2O3/c1-15-9-8-13-19(16(15)2)26-21(18-12-6-7-14-25-18)20(23(28)24(26)29)22(27)17-10-4-3-5-11-17/h3-14,21,27H,1-2H3/b22-20+. The Morgan fingerprint density at radius 2 is 1.66 bits per heavy atom. The van der Waals surface area contributed by atoms with E-state index in [-0.39, 0.29) is 11.3 Å². The van der Waals surface area contributed by atoms with E-state index in [2.05, 4.69) is 4.98 Å². The van der Waals surface area contributed by atoms with Gasteiger partial charge in [-0.15, -0.1) is 0 Å². The third-order valence-electron chi connectivity index (χ3n) is 5.30. The maximum absolute atomic E-state index is 13.1. The number of ketones is 1. The first-order chi connectivity index (χ1) is 14.0. The minimum atomic E-state index is -0.808. The number of hydrogen-bond acceptors (Lipinski definition) is 4. The summed E-state index contributed by atoms with van der Waals surface area (Å²) in [4.78, 5) is 32.0. The molecule has 2 aromatic carbocycles. The molecule has 1 amide bonds. The Morgan fingerprint density at radius 3 is 2.34 bits per heavy atom. The van der Waals surface area contributed by atoms with Crippen LogP contribution in [-0.4, -0.2) is 21.8 Å². The summed E-state index contributed by atoms with van der Waals surface area (Å²) in [5, 5.41) is 11.0. The van der Waals surface area contributed by atoms with Gasteiger partial charge in [0.15, 0.2) is 0 Å². The molecule has 1 atom stereocenters. The van der Waals surface area contributed by atoms with Gasteiger partial charge in [-0.3, -0.25) is 19.5 Å². The zero-order chi connectivity index (χ0) is 20.5. The molecule has 1 saturated heterocycles. The van der Waals surface area contributed by atoms with Crippen LogP contribution in [0.5, 0.6) is 0 Å². The number of aliphatic hydroxyl groups is 1. The molecule has 1 aliphatic rings. The van der Waals surface area contributed by atoms with Crippen LogP contribution in [0.3, 0.4) is 0 Å². The molecule has 29 heavy (non-hydrogen) atoms. The smallest absolute Gasteiger partial charge is 0.300 e. The summed E-state index contributed by atoms with van der Waals surface area (Å²) in [6.07, 6.45) is 1.61. The van der Waals surface area contributed by atoms with E-state index in [0.717, 1.165) is 11.1 Å². The van der Waals surface area contributed by atoms with Crippen molar-refractivity contribution in [1.29, 1.82) is 0 Å². The average Bonchev–Trinajstić information content (AvgIpc) is 3.01. The number of benzene rings is 2. The van der Waals surface area contributed by atoms with Crippen molar-refractivity contribution in [2.75, 3.05) is 4.90 Å². The molecule has 4 rings (SSSR count). The molecule has 0 spiro atoms. The van der Waals surface area contributed by atoms with Crippen LogP contribution in [0.15, 0.2) is 78.5 Å². The van der Waals surface area contributed by atoms with Gasteiger partial charge in [0, 0.05) is 17.4 Å². The number of amides is 1. The molecule has 0 bridgehead atoms. The van der Waals surface area contributed by atoms with Gasteiger partial charge in [0.05, 0.1) is 11.3 Å². The van der Waals surface area contributed by atoms with E-state index in [4.69, 9.17) is 0 Å². The van der Waals surface area contributed by atoms with Gasteiger partial charge < -0.3 is 5.11 Å². The quantitative estimate of drug-likeness (QED) is 0.415. The first-order valence-electron chi connectivity index (χ1n) is 9.34. The molecule has 1 aliphatic heterocycles. The lowest BCUT2D eigenvalue weighted by molar-refractivity contribution is -0.132. The van der Waals surface area contributed by atoms with Crippen molar-refractivity contribution in [3.63, 3.8) is 0 Å². The van der Waals surface area contributed by atoms with E-state index < -0.39 is 17.7 Å². The Morgan fingerprint density at radius 1 is 0.931 bits per heavy atom. The second-order valence-corrected chi connectivity index (χ2v) is 7.01. The largest absolute Gasteiger partial charge is 0.507 e. The first kappa shape index (κ1) is 18.6. The number of aryl methyl sites for hydroxylation is 1. The monoisotopic (exact) mass is 384 g/mol. The minimum absolute atomic E-state index is 0.0424. The normalized spacial score (nSPS) is 18.3. The van der Waals surface area contributed by atoms with Crippen LogP contribution in [0.2, 0.25) is 0 Å². The summed E-state index contributed by atoms with van der Waals surface area (Å²) >= 11 is 0. The second kappa shape index (κ2) is 7.36. The zero-order valence-corrected chi connectivity index (χ0v) is 16.2. The van der Waals surface area contributed by atoms with Crippen molar-refractivity contribution in [2.45, 2.75) is 19.9 Å². The lowest BCUT2D eigenvalue weighted by Gasteiger charge is -2.26. The van der Waals surface area contributed by atoms with Gasteiger partial charge in [-0.05, 0) is 43.2 Å². The number of aromatic nitrogens is 1. The summed E-state index contributed by atoms with van der Waals surface area (Å²) < 4.78 is 0. The SMILES string of the molecule is Cc1cccc(N2C(=O)C(=O)/C(=C(/O)c3ccccc3)C2c2ccccn2)c1C. The molecule has 1 fully saturated rings. The number of aliphatic hydroxyl groups excluding tert-OH is 1. The molecule has 5 nitrogen and oxygen atoms in total. The van der Waals surface area contributed by atoms with Crippen molar-refractivity contribution >= 4 is 23.1 Å². The van der Waals surface area contributed by atoms with Crippen LogP contribution in [0.1, 0.15) is 28.4 Å². The maximum Gasteiger partial charge on any atom is 0.300 e. The highest BCUT2D eigenvalue weighted by Crippen LogP contribution is 2.42. The number of pyridine rings is 1. The second-order valence-electron chi connectivity index (χ2n) is 7.01. The van der Waals surface area contributed by atoms with Gasteiger partial charge in [0.2, 0.25) is 0 Å². The summed E-state index contributed by atoms with van der Waals surface area (Å²) in [5.41, 5.74) is 3.58. The van der Waals surface area contributed by atoms with E-state index in [9.17, 15) is 14.7 Å². The molecule has 0 radical (unpaired) electrons. The molecule has 5 heteroatoms. The third-order valence-corrected chi connectivity index (χ3v) is 5.30. The highest BCUT2D eigenvalue weighted by Gasteiger charge is 2.48. The van der Waals surface area contributed by atoms with Gasteiger partial charge in [-0.25, -0.2) is 0 Å². The molecule has 1 aromatic heterocycles. The van der Waals surface area contributed by atoms with Crippen LogP contribution in [0.4, 0.5) is 5.69 Å². The number of hydrogen-bond donors (Lipinski definition) is 1. The number of nitrogens with zero attached hydrogens (tertiary/aromatic N) is 2. The minimum Gasteiger partial charge on any atom is -0.507 e. The zero-order valence-electron chi connectivity index (χ0n) is 16.2. The summed E-state index contributed by atoms with van der Waals surface area (Å²) in [5.74, 6) is -1.60. The Labute approximate surface area is 169 Å². The molecular formula is C24H20N2O3. The number of carbonyl (C=O) groups excluding carboxylic acids is 2. The molecule has 3 aromatic rings. The van der Waals surface area contributed by atoms with E-state index in [1.807, 2.05) is 38.1 Å². The first-order valence-corrected chi connectivity index (χ1v) is 9.34. The highest BCUT2D eigenvalue weighted by atomic mass is 16.3. The summed E-state index contributed by atoms with van der Waals surface area (Å²) in [7, 11) is 0. The van der Waals surface area contributed by atoms with Crippen LogP contribution >= 0.6 is 0 Å². The molecule has 144 valence electrons. The lowest BCUT2D eigenvalue weighted by Crippen LogP contribution is -2.30. The van der Waals surface area contributed by atoms with Crippen LogP contribution in [0.25, 0.3) is 5.76 Å². The number of Topliss-reactive ketones (excluding diaryl/α,β-unsaturated/α-hetero) is 1. The summed E-state index contributed by atoms with van der Waals surface area (Å²) in [6, 6.07) is 18.9. The van der Waals surface area contributed by atoms with Crippen molar-refractivity contribution < 1.29 is 14.7 Å². The lowest BCUT2D eigenvalue weighted by atomic mass is 9.97. The summed E-state index contributed by atoms with van der Waals surface area (Å²) in [6.45, 7) is 3.87. The van der Waals surface area contributed by atoms with E-state index in [1.165, 1.54) is 4.90 Å². The van der Waals surface area contributed by atoms with Gasteiger partial charge in [0.1, 0.15) is 11.8 Å². The molecule has 1 N–H and O–H groups in total. The average molecular weight is 384 g/mol. The predicted octanol–water partition coefficient (Wildman–Crippen LogP) is 4.32. The molecule has 2 heterocycles. The fraction of sp³-hybridized carbons (Fsp3) is 0.125. The van der Waals surface area contributed by atoms with Crippen LogP contribution in [-0.2, 0) is 9.59 Å². The third kappa shape index (κ3) is 3.10. The van der Waals surface area contributed by atoms with E-state index in [0.29, 0.717) is 16.9 Å². The molecular weight excluding hydrogens is 364 g/mol. The Bertz CT molecular complexity index is 1120. The van der Waals surface area contributed by atoms with Gasteiger partial charge >= 0.3 is 0 Å². The number of anilines is 1. The van der Waals surface area contributed by atoms with Crippen molar-refractivity contribution in [1.82, 2.24) is 4.98 Å². The van der Waals surface area contributed by atoms with E-state index in [1.54, 1.807) is 48.7 Å². The highest BCUT2D eigenvalue weighted by molar-refractivity contribution is 6.51. The molecule has 0 saturated carbocycles. The topological polar surface area (TPSA) is 70.5 Å². The predicted molar refractivity (Wildman–Crippen MR) is 111 cm³/mol. The number of carbonyl (C=O) groups is 2. The van der Waals surface area contributed by atoms with Gasteiger partial charge in [-0.1, -0.05) is 48.5 Å². The fourth-order valence-electron chi connectivity index (χ4n) is 3.65. The molecule has 1 unspecified atom stereocenters. The Hall–Kier alpha value is -3.73. The van der Waals surface area contributed by atoms with Gasteiger partial charge in [-0.2, -0.15) is 0 Å². The van der Waals surface area contributed by atoms with Crippen LogP contribution in [0, 0.1) is 13.8 Å².